The van der Waals surface area contributed by atoms with Crippen molar-refractivity contribution in [3.05, 3.63) is 0 Å². The third-order valence-corrected chi connectivity index (χ3v) is 2.52. The fourth-order valence-electron chi connectivity index (χ4n) is 1.58. The highest BCUT2D eigenvalue weighted by Crippen LogP contribution is 2.26. The molecule has 1 heteroatoms. The number of rotatable bonds is 0. The van der Waals surface area contributed by atoms with Gasteiger partial charge in [0.25, 0.3) is 0 Å². The molecule has 0 aliphatic heterocycles. The van der Waals surface area contributed by atoms with Crippen LogP contribution in [0.5, 0.6) is 0 Å². The Morgan fingerprint density at radius 3 is 2.33 bits per heavy atom. The van der Waals surface area contributed by atoms with Gasteiger partial charge in [-0.15, -0.1) is 0 Å². The summed E-state index contributed by atoms with van der Waals surface area (Å²) in [6.07, 6.45) is 3.96. The van der Waals surface area contributed by atoms with E-state index in [1.807, 2.05) is 0 Å². The molecule has 0 amide bonds. The monoisotopic (exact) mass is 127 g/mol. The van der Waals surface area contributed by atoms with Crippen LogP contribution in [0.25, 0.3) is 0 Å². The van der Waals surface area contributed by atoms with E-state index in [-0.39, 0.29) is 0 Å². The third kappa shape index (κ3) is 1.68. The van der Waals surface area contributed by atoms with Gasteiger partial charge in [0.05, 0.1) is 0 Å². The number of hydrogen-bond acceptors (Lipinski definition) is 1. The fraction of sp³-hybridized carbons (Fsp3) is 1.00. The van der Waals surface area contributed by atoms with E-state index in [2.05, 4.69) is 13.8 Å². The van der Waals surface area contributed by atoms with Crippen LogP contribution in [0.3, 0.4) is 0 Å². The Bertz CT molecular complexity index is 90.6. The molecule has 1 rings (SSSR count). The summed E-state index contributed by atoms with van der Waals surface area (Å²) in [5, 5.41) is 0. The molecule has 0 heterocycles. The van der Waals surface area contributed by atoms with Crippen molar-refractivity contribution in [1.82, 2.24) is 0 Å². The summed E-state index contributed by atoms with van der Waals surface area (Å²) >= 11 is 0. The van der Waals surface area contributed by atoms with Crippen molar-refractivity contribution < 1.29 is 0 Å². The van der Waals surface area contributed by atoms with Gasteiger partial charge in [-0.1, -0.05) is 20.3 Å². The van der Waals surface area contributed by atoms with Gasteiger partial charge in [-0.2, -0.15) is 0 Å². The molecule has 54 valence electrons. The minimum absolute atomic E-state index is 0.480. The van der Waals surface area contributed by atoms with Crippen molar-refractivity contribution in [1.29, 1.82) is 0 Å². The van der Waals surface area contributed by atoms with Crippen LogP contribution < -0.4 is 5.73 Å². The molecule has 0 aromatic carbocycles. The van der Waals surface area contributed by atoms with Crippen LogP contribution in [-0.4, -0.2) is 6.04 Å². The van der Waals surface area contributed by atoms with Crippen LogP contribution >= 0.6 is 0 Å². The highest BCUT2D eigenvalue weighted by Gasteiger charge is 2.21. The summed E-state index contributed by atoms with van der Waals surface area (Å²) in [6.45, 7) is 4.56. The minimum Gasteiger partial charge on any atom is -0.327 e. The number of hydrogen-bond donors (Lipinski definition) is 1. The van der Waals surface area contributed by atoms with Crippen molar-refractivity contribution in [2.24, 2.45) is 17.6 Å². The van der Waals surface area contributed by atoms with Crippen molar-refractivity contribution in [3.63, 3.8) is 0 Å². The smallest absolute Gasteiger partial charge is 0.00670 e. The molecule has 0 bridgehead atoms. The molecule has 0 aromatic rings. The second-order valence-electron chi connectivity index (χ2n) is 3.56. The van der Waals surface area contributed by atoms with Crippen LogP contribution in [0.2, 0.25) is 0 Å². The number of nitrogens with two attached hydrogens (primary N) is 1. The summed E-state index contributed by atoms with van der Waals surface area (Å²) in [5.41, 5.74) is 5.87. The molecule has 1 saturated carbocycles. The van der Waals surface area contributed by atoms with Crippen LogP contribution in [0.1, 0.15) is 33.1 Å². The predicted molar refractivity (Wildman–Crippen MR) is 40.2 cm³/mol. The highest BCUT2D eigenvalue weighted by molar-refractivity contribution is 4.77. The van der Waals surface area contributed by atoms with Gasteiger partial charge < -0.3 is 5.73 Å². The second-order valence-corrected chi connectivity index (χ2v) is 3.56. The van der Waals surface area contributed by atoms with Crippen molar-refractivity contribution >= 4 is 0 Å². The maximum atomic E-state index is 5.87. The zero-order valence-electron chi connectivity index (χ0n) is 6.43. The Morgan fingerprint density at radius 1 is 1.22 bits per heavy atom. The predicted octanol–water partition coefficient (Wildman–Crippen LogP) is 1.77. The maximum absolute atomic E-state index is 5.87. The van der Waals surface area contributed by atoms with Crippen LogP contribution in [0.4, 0.5) is 0 Å². The topological polar surface area (TPSA) is 26.0 Å². The first kappa shape index (κ1) is 7.07. The molecular weight excluding hydrogens is 110 g/mol. The van der Waals surface area contributed by atoms with E-state index in [1.165, 1.54) is 19.3 Å². The largest absolute Gasteiger partial charge is 0.327 e. The van der Waals surface area contributed by atoms with Gasteiger partial charge in [0.2, 0.25) is 0 Å². The van der Waals surface area contributed by atoms with Crippen LogP contribution in [-0.2, 0) is 0 Å². The minimum atomic E-state index is 0.480. The fourth-order valence-corrected chi connectivity index (χ4v) is 1.58. The van der Waals surface area contributed by atoms with E-state index < -0.39 is 0 Å². The molecule has 0 aromatic heterocycles. The standard InChI is InChI=1S/C8H17N/c1-6-3-4-7(2)8(9)5-6/h6-8H,3-5,9H2,1-2H3/t6-,7-,8-/m1/s1. The van der Waals surface area contributed by atoms with Gasteiger partial charge in [0, 0.05) is 6.04 Å². The molecular formula is C8H17N. The van der Waals surface area contributed by atoms with Gasteiger partial charge in [-0.25, -0.2) is 0 Å². The highest BCUT2D eigenvalue weighted by atomic mass is 14.7. The normalized spacial score (nSPS) is 45.0. The lowest BCUT2D eigenvalue weighted by Gasteiger charge is -2.29. The molecule has 1 aliphatic carbocycles. The van der Waals surface area contributed by atoms with E-state index in [1.54, 1.807) is 0 Å². The molecule has 0 unspecified atom stereocenters. The molecule has 1 nitrogen and oxygen atoms in total. The van der Waals surface area contributed by atoms with E-state index in [9.17, 15) is 0 Å². The Kier molecular flexibility index (Phi) is 2.12. The summed E-state index contributed by atoms with van der Waals surface area (Å²) in [6, 6.07) is 0.480. The second kappa shape index (κ2) is 2.70. The first-order chi connectivity index (χ1) is 4.20. The Labute approximate surface area is 57.6 Å². The molecule has 0 spiro atoms. The Hall–Kier alpha value is -0.0400. The van der Waals surface area contributed by atoms with Gasteiger partial charge in [0.15, 0.2) is 0 Å². The molecule has 3 atom stereocenters. The molecule has 0 radical (unpaired) electrons. The van der Waals surface area contributed by atoms with E-state index in [0.29, 0.717) is 6.04 Å². The molecule has 2 N–H and O–H groups in total. The lowest BCUT2D eigenvalue weighted by atomic mass is 9.81. The zero-order chi connectivity index (χ0) is 6.85. The van der Waals surface area contributed by atoms with Gasteiger partial charge in [-0.05, 0) is 24.7 Å². The summed E-state index contributed by atoms with van der Waals surface area (Å²) in [4.78, 5) is 0. The first-order valence-corrected chi connectivity index (χ1v) is 3.95. The van der Waals surface area contributed by atoms with E-state index >= 15 is 0 Å². The van der Waals surface area contributed by atoms with E-state index in [0.717, 1.165) is 11.8 Å². The van der Waals surface area contributed by atoms with E-state index in [4.69, 9.17) is 5.73 Å². The Balaban J connectivity index is 2.35. The average molecular weight is 127 g/mol. The zero-order valence-corrected chi connectivity index (χ0v) is 6.43. The molecule has 1 fully saturated rings. The SMILES string of the molecule is C[C@@H]1CC[C@@H](C)[C@H](N)C1. The van der Waals surface area contributed by atoms with Crippen molar-refractivity contribution in [2.45, 2.75) is 39.2 Å². The summed E-state index contributed by atoms with van der Waals surface area (Å²) < 4.78 is 0. The summed E-state index contributed by atoms with van der Waals surface area (Å²) in [7, 11) is 0. The maximum Gasteiger partial charge on any atom is 0.00670 e. The van der Waals surface area contributed by atoms with Crippen molar-refractivity contribution in [3.8, 4) is 0 Å². The van der Waals surface area contributed by atoms with Crippen LogP contribution in [0.15, 0.2) is 0 Å². The lowest BCUT2D eigenvalue weighted by Crippen LogP contribution is -2.34. The first-order valence-electron chi connectivity index (χ1n) is 3.95. The van der Waals surface area contributed by atoms with Gasteiger partial charge in [0.1, 0.15) is 0 Å². The molecule has 9 heavy (non-hydrogen) atoms. The molecule has 0 saturated heterocycles. The third-order valence-electron chi connectivity index (χ3n) is 2.52. The quantitative estimate of drug-likeness (QED) is 0.527. The van der Waals surface area contributed by atoms with Crippen LogP contribution in [0, 0.1) is 11.8 Å². The van der Waals surface area contributed by atoms with Gasteiger partial charge in [-0.3, -0.25) is 0 Å². The average Bonchev–Trinajstić information content (AvgIpc) is 1.80. The lowest BCUT2D eigenvalue weighted by molar-refractivity contribution is 0.266. The summed E-state index contributed by atoms with van der Waals surface area (Å²) in [5.74, 6) is 1.64. The Morgan fingerprint density at radius 2 is 1.89 bits per heavy atom. The van der Waals surface area contributed by atoms with Gasteiger partial charge >= 0.3 is 0 Å². The van der Waals surface area contributed by atoms with Crippen molar-refractivity contribution in [2.75, 3.05) is 0 Å². The molecule has 1 aliphatic rings.